The molecule has 3 aliphatic rings. The third-order valence-corrected chi connectivity index (χ3v) is 8.65. The summed E-state index contributed by atoms with van der Waals surface area (Å²) in [6.45, 7) is 2.47. The second-order valence-electron chi connectivity index (χ2n) is 10.4. The number of benzene rings is 2. The Morgan fingerprint density at radius 1 is 0.643 bits per heavy atom. The van der Waals surface area contributed by atoms with Gasteiger partial charge in [-0.1, -0.05) is 37.6 Å². The molecule has 3 fully saturated rings. The lowest BCUT2D eigenvalue weighted by atomic mass is 9.61. The lowest BCUT2D eigenvalue weighted by Gasteiger charge is -2.45. The minimum absolute atomic E-state index is 0.136. The fraction of sp³-hybridized carbons (Fsp3) is 0.630. The molecule has 4 unspecified atom stereocenters. The van der Waals surface area contributed by atoms with Gasteiger partial charge in [-0.3, -0.25) is 0 Å². The molecule has 0 heterocycles. The van der Waals surface area contributed by atoms with Gasteiger partial charge in [0.2, 0.25) is 0 Å². The van der Waals surface area contributed by atoms with Crippen LogP contribution in [0.1, 0.15) is 82.6 Å². The molecule has 0 aromatic heterocycles. The van der Waals surface area contributed by atoms with Crippen LogP contribution < -0.4 is 0 Å². The zero-order chi connectivity index (χ0) is 19.1. The van der Waals surface area contributed by atoms with E-state index in [1.807, 2.05) is 6.07 Å². The predicted octanol–water partition coefficient (Wildman–Crippen LogP) is 8.11. The van der Waals surface area contributed by atoms with Crippen LogP contribution in [-0.2, 0) is 0 Å². The third kappa shape index (κ3) is 3.74. The Labute approximate surface area is 169 Å². The zero-order valence-corrected chi connectivity index (χ0v) is 17.4. The van der Waals surface area contributed by atoms with Gasteiger partial charge in [0.25, 0.3) is 0 Å². The maximum absolute atomic E-state index is 13.4. The summed E-state index contributed by atoms with van der Waals surface area (Å²) in [5, 5.41) is 2.21. The summed E-state index contributed by atoms with van der Waals surface area (Å²) in [4.78, 5) is 0. The van der Waals surface area contributed by atoms with Crippen molar-refractivity contribution in [3.05, 3.63) is 47.8 Å². The Bertz CT molecular complexity index is 816. The molecule has 3 aliphatic carbocycles. The van der Waals surface area contributed by atoms with Gasteiger partial charge in [0.15, 0.2) is 0 Å². The first-order valence-electron chi connectivity index (χ1n) is 11.8. The minimum atomic E-state index is -0.136. The van der Waals surface area contributed by atoms with E-state index in [1.54, 1.807) is 12.1 Å². The molecule has 0 aliphatic heterocycles. The van der Waals surface area contributed by atoms with Crippen LogP contribution in [0.15, 0.2) is 36.4 Å². The molecular formula is C27H35F. The highest BCUT2D eigenvalue weighted by atomic mass is 19.1. The van der Waals surface area contributed by atoms with Crippen molar-refractivity contribution in [1.29, 1.82) is 0 Å². The Kier molecular flexibility index (Phi) is 5.20. The van der Waals surface area contributed by atoms with Crippen molar-refractivity contribution < 1.29 is 4.39 Å². The average Bonchev–Trinajstić information content (AvgIpc) is 2.73. The largest absolute Gasteiger partial charge is 0.207 e. The molecule has 2 aromatic rings. The molecule has 4 atom stereocenters. The first kappa shape index (κ1) is 18.6. The second kappa shape index (κ2) is 7.81. The summed E-state index contributed by atoms with van der Waals surface area (Å²) in [5.74, 6) is 5.64. The predicted molar refractivity (Wildman–Crippen MR) is 116 cm³/mol. The molecule has 0 radical (unpaired) electrons. The standard InChI is InChI=1S/C27H35F/c1-18-2-3-24-15-22(9-8-21(24)14-18)19-4-6-20(7-5-19)23-10-11-26-17-27(28)13-12-25(26)16-23/h10-13,16-22,24H,2-9,14-15H2,1H3. The maximum atomic E-state index is 13.4. The molecule has 0 amide bonds. The summed E-state index contributed by atoms with van der Waals surface area (Å²) in [5.41, 5.74) is 1.47. The minimum Gasteiger partial charge on any atom is -0.207 e. The highest BCUT2D eigenvalue weighted by Crippen LogP contribution is 2.49. The topological polar surface area (TPSA) is 0 Å². The number of fused-ring (bicyclic) bond motifs is 2. The number of hydrogen-bond acceptors (Lipinski definition) is 0. The summed E-state index contributed by atoms with van der Waals surface area (Å²) >= 11 is 0. The summed E-state index contributed by atoms with van der Waals surface area (Å²) in [7, 11) is 0. The molecule has 1 heteroatoms. The van der Waals surface area contributed by atoms with Gasteiger partial charge in [0.05, 0.1) is 0 Å². The molecule has 0 nitrogen and oxygen atoms in total. The van der Waals surface area contributed by atoms with Gasteiger partial charge in [-0.05, 0) is 122 Å². The van der Waals surface area contributed by atoms with Crippen molar-refractivity contribution in [1.82, 2.24) is 0 Å². The van der Waals surface area contributed by atoms with Gasteiger partial charge >= 0.3 is 0 Å². The molecule has 0 bridgehead atoms. The van der Waals surface area contributed by atoms with Crippen LogP contribution in [-0.4, -0.2) is 0 Å². The monoisotopic (exact) mass is 378 g/mol. The maximum Gasteiger partial charge on any atom is 0.123 e. The van der Waals surface area contributed by atoms with Crippen molar-refractivity contribution >= 4 is 10.8 Å². The smallest absolute Gasteiger partial charge is 0.123 e. The van der Waals surface area contributed by atoms with Crippen LogP contribution in [0.4, 0.5) is 4.39 Å². The highest BCUT2D eigenvalue weighted by Gasteiger charge is 2.38. The Morgan fingerprint density at radius 2 is 1.25 bits per heavy atom. The van der Waals surface area contributed by atoms with Crippen LogP contribution in [0.5, 0.6) is 0 Å². The van der Waals surface area contributed by atoms with Crippen molar-refractivity contribution in [2.45, 2.75) is 77.0 Å². The van der Waals surface area contributed by atoms with E-state index in [4.69, 9.17) is 0 Å². The van der Waals surface area contributed by atoms with Crippen molar-refractivity contribution in [3.63, 3.8) is 0 Å². The normalized spacial score (nSPS) is 36.2. The molecule has 0 spiro atoms. The molecule has 0 N–H and O–H groups in total. The number of hydrogen-bond donors (Lipinski definition) is 0. The van der Waals surface area contributed by atoms with Crippen LogP contribution in [0.2, 0.25) is 0 Å². The Hall–Kier alpha value is -1.37. The van der Waals surface area contributed by atoms with Gasteiger partial charge in [-0.2, -0.15) is 0 Å². The quantitative estimate of drug-likeness (QED) is 0.495. The number of halogens is 1. The van der Waals surface area contributed by atoms with E-state index in [1.165, 1.54) is 75.2 Å². The lowest BCUT2D eigenvalue weighted by molar-refractivity contribution is 0.0672. The molecule has 150 valence electrons. The fourth-order valence-electron chi connectivity index (χ4n) is 7.00. The second-order valence-corrected chi connectivity index (χ2v) is 10.4. The van der Waals surface area contributed by atoms with Crippen molar-refractivity contribution in [2.75, 3.05) is 0 Å². The van der Waals surface area contributed by atoms with Gasteiger partial charge in [0.1, 0.15) is 5.82 Å². The molecule has 0 saturated heterocycles. The Balaban J connectivity index is 1.20. The van der Waals surface area contributed by atoms with Crippen molar-refractivity contribution in [2.24, 2.45) is 29.6 Å². The van der Waals surface area contributed by atoms with Crippen molar-refractivity contribution in [3.8, 4) is 0 Å². The summed E-state index contributed by atoms with van der Waals surface area (Å²) in [6.07, 6.45) is 14.6. The highest BCUT2D eigenvalue weighted by molar-refractivity contribution is 5.83. The van der Waals surface area contributed by atoms with E-state index in [2.05, 4.69) is 25.1 Å². The lowest BCUT2D eigenvalue weighted by Crippen LogP contribution is -2.34. The van der Waals surface area contributed by atoms with Crippen LogP contribution in [0.3, 0.4) is 0 Å². The van der Waals surface area contributed by atoms with Crippen LogP contribution >= 0.6 is 0 Å². The van der Waals surface area contributed by atoms with Gasteiger partial charge < -0.3 is 0 Å². The third-order valence-electron chi connectivity index (χ3n) is 8.65. The van der Waals surface area contributed by atoms with E-state index in [-0.39, 0.29) is 5.82 Å². The van der Waals surface area contributed by atoms with Crippen LogP contribution in [0.25, 0.3) is 10.8 Å². The fourth-order valence-corrected chi connectivity index (χ4v) is 7.00. The summed E-state index contributed by atoms with van der Waals surface area (Å²) < 4.78 is 13.4. The molecule has 2 aromatic carbocycles. The summed E-state index contributed by atoms with van der Waals surface area (Å²) in [6, 6.07) is 11.9. The molecular weight excluding hydrogens is 343 g/mol. The van der Waals surface area contributed by atoms with Gasteiger partial charge in [-0.25, -0.2) is 4.39 Å². The van der Waals surface area contributed by atoms with Gasteiger partial charge in [0, 0.05) is 0 Å². The first-order valence-corrected chi connectivity index (χ1v) is 11.8. The van der Waals surface area contributed by atoms with E-state index >= 15 is 0 Å². The van der Waals surface area contributed by atoms with E-state index in [0.717, 1.165) is 35.0 Å². The van der Waals surface area contributed by atoms with Crippen LogP contribution in [0, 0.1) is 35.4 Å². The number of rotatable bonds is 2. The molecule has 5 rings (SSSR count). The average molecular weight is 379 g/mol. The first-order chi connectivity index (χ1) is 13.7. The van der Waals surface area contributed by atoms with E-state index in [0.29, 0.717) is 5.92 Å². The SMILES string of the molecule is CC1CCC2CC(C3CCC(c4ccc5cc(F)ccc5c4)CC3)CCC2C1. The molecule has 28 heavy (non-hydrogen) atoms. The van der Waals surface area contributed by atoms with Gasteiger partial charge in [-0.15, -0.1) is 0 Å². The van der Waals surface area contributed by atoms with E-state index in [9.17, 15) is 4.39 Å². The Morgan fingerprint density at radius 3 is 2.07 bits per heavy atom. The van der Waals surface area contributed by atoms with E-state index < -0.39 is 0 Å². The zero-order valence-electron chi connectivity index (χ0n) is 17.4. The molecule has 3 saturated carbocycles.